The van der Waals surface area contributed by atoms with E-state index in [2.05, 4.69) is 28.6 Å². The number of nitrogens with zero attached hydrogens (tertiary/aromatic N) is 6. The van der Waals surface area contributed by atoms with Crippen LogP contribution in [0.2, 0.25) is 0 Å². The van der Waals surface area contributed by atoms with Crippen molar-refractivity contribution in [1.82, 2.24) is 29.0 Å². The highest BCUT2D eigenvalue weighted by Crippen LogP contribution is 2.38. The number of rotatable bonds is 7. The first-order valence-corrected chi connectivity index (χ1v) is 17.5. The highest BCUT2D eigenvalue weighted by Gasteiger charge is 2.37. The average Bonchev–Trinajstić information content (AvgIpc) is 3.31. The normalized spacial score (nSPS) is 20.6. The lowest BCUT2D eigenvalue weighted by Gasteiger charge is -2.48. The van der Waals surface area contributed by atoms with Crippen molar-refractivity contribution >= 4 is 17.5 Å². The zero-order chi connectivity index (χ0) is 35.2. The van der Waals surface area contributed by atoms with Crippen molar-refractivity contribution in [3.8, 4) is 11.1 Å². The van der Waals surface area contributed by atoms with E-state index < -0.39 is 17.4 Å². The lowest BCUT2D eigenvalue weighted by atomic mass is 9.86. The van der Waals surface area contributed by atoms with E-state index >= 15 is 4.39 Å². The summed E-state index contributed by atoms with van der Waals surface area (Å²) in [6, 6.07) is 6.30. The van der Waals surface area contributed by atoms with Crippen molar-refractivity contribution in [2.45, 2.75) is 72.1 Å². The number of benzene rings is 1. The predicted octanol–water partition coefficient (Wildman–Crippen LogP) is 5.43. The van der Waals surface area contributed by atoms with Crippen molar-refractivity contribution in [3.63, 3.8) is 0 Å². The molecule has 3 fully saturated rings. The number of morpholine rings is 1. The number of fused-ring (bicyclic) bond motifs is 1. The summed E-state index contributed by atoms with van der Waals surface area (Å²) in [6.07, 6.45) is 1.71. The van der Waals surface area contributed by atoms with Crippen LogP contribution in [0.4, 0.5) is 13.6 Å². The number of aryl methyl sites for hydroxylation is 1. The van der Waals surface area contributed by atoms with Gasteiger partial charge in [-0.2, -0.15) is 4.39 Å². The largest absolute Gasteiger partial charge is 0.444 e. The molecule has 1 aromatic carbocycles. The molecule has 3 aromatic rings. The Labute approximate surface area is 287 Å². The van der Waals surface area contributed by atoms with Gasteiger partial charge < -0.3 is 23.7 Å². The molecule has 0 bridgehead atoms. The first-order chi connectivity index (χ1) is 23.2. The van der Waals surface area contributed by atoms with Gasteiger partial charge in [-0.15, -0.1) is 0 Å². The molecule has 0 saturated carbocycles. The van der Waals surface area contributed by atoms with Crippen LogP contribution in [-0.4, -0.2) is 124 Å². The number of piperazine rings is 1. The Morgan fingerprint density at radius 1 is 1.04 bits per heavy atom. The van der Waals surface area contributed by atoms with Gasteiger partial charge in [0.25, 0.3) is 5.91 Å². The van der Waals surface area contributed by atoms with Gasteiger partial charge in [-0.25, -0.2) is 14.2 Å². The van der Waals surface area contributed by atoms with Gasteiger partial charge >= 0.3 is 6.09 Å². The van der Waals surface area contributed by atoms with E-state index in [0.717, 1.165) is 38.3 Å². The maximum atomic E-state index is 15.5. The summed E-state index contributed by atoms with van der Waals surface area (Å²) in [4.78, 5) is 39.0. The van der Waals surface area contributed by atoms with Gasteiger partial charge in [0, 0.05) is 76.1 Å². The maximum absolute atomic E-state index is 15.5. The molecule has 6 rings (SSSR count). The van der Waals surface area contributed by atoms with Gasteiger partial charge in [-0.1, -0.05) is 19.9 Å². The van der Waals surface area contributed by atoms with Crippen LogP contribution in [0.3, 0.4) is 0 Å². The molecule has 10 nitrogen and oxygen atoms in total. The lowest BCUT2D eigenvalue weighted by Crippen LogP contribution is -2.58. The Bertz CT molecular complexity index is 1690. The molecule has 12 heteroatoms. The van der Waals surface area contributed by atoms with Crippen molar-refractivity contribution in [2.24, 2.45) is 5.92 Å². The standard InChI is InChI=1S/C37H50F2N6O4/c1-23(2)32(21-41-10-12-42(13-11-41)36(47)49-37(5,6)7)43-18-27(19-43)26-16-30(33-34(39)40-25(4)45(33)20-26)29-9-8-28(38)17-31(29)35(46)44-14-15-48-22-24(44)3/h8-9,16-17,20,23-24,27,32H,10-15,18-19,21-22H2,1-7H3/t24-,32?/m1/s1. The van der Waals surface area contributed by atoms with E-state index in [1.807, 2.05) is 40.0 Å². The van der Waals surface area contributed by atoms with Gasteiger partial charge in [0.15, 0.2) is 0 Å². The number of likely N-dealkylation sites (tertiary alicyclic amines) is 1. The zero-order valence-electron chi connectivity index (χ0n) is 29.8. The second-order valence-corrected chi connectivity index (χ2v) is 15.2. The van der Waals surface area contributed by atoms with Crippen molar-refractivity contribution in [2.75, 3.05) is 65.6 Å². The fourth-order valence-electron chi connectivity index (χ4n) is 7.32. The van der Waals surface area contributed by atoms with Crippen molar-refractivity contribution in [1.29, 1.82) is 0 Å². The van der Waals surface area contributed by atoms with Crippen molar-refractivity contribution in [3.05, 3.63) is 59.2 Å². The van der Waals surface area contributed by atoms with E-state index in [1.54, 1.807) is 27.2 Å². The Morgan fingerprint density at radius 2 is 1.76 bits per heavy atom. The molecule has 3 aliphatic heterocycles. The molecule has 0 aliphatic carbocycles. The molecule has 266 valence electrons. The fourth-order valence-corrected chi connectivity index (χ4v) is 7.32. The molecule has 1 unspecified atom stereocenters. The predicted molar refractivity (Wildman–Crippen MR) is 184 cm³/mol. The molecule has 0 radical (unpaired) electrons. The average molecular weight is 681 g/mol. The van der Waals surface area contributed by atoms with Crippen LogP contribution < -0.4 is 0 Å². The topological polar surface area (TPSA) is 82.9 Å². The summed E-state index contributed by atoms with van der Waals surface area (Å²) < 4.78 is 43.0. The number of carbonyl (C=O) groups is 2. The molecule has 2 amide bonds. The van der Waals surface area contributed by atoms with Gasteiger partial charge in [0.1, 0.15) is 22.8 Å². The van der Waals surface area contributed by atoms with E-state index in [-0.39, 0.29) is 35.0 Å². The Balaban J connectivity index is 1.21. The molecule has 0 N–H and O–H groups in total. The summed E-state index contributed by atoms with van der Waals surface area (Å²) in [5.41, 5.74) is 2.00. The third kappa shape index (κ3) is 7.46. The number of amides is 2. The molecular weight excluding hydrogens is 630 g/mol. The summed E-state index contributed by atoms with van der Waals surface area (Å²) in [6.45, 7) is 20.5. The molecule has 5 heterocycles. The molecule has 0 spiro atoms. The van der Waals surface area contributed by atoms with Crippen LogP contribution in [0.1, 0.15) is 69.2 Å². The van der Waals surface area contributed by atoms with Crippen LogP contribution in [0.15, 0.2) is 30.5 Å². The summed E-state index contributed by atoms with van der Waals surface area (Å²) >= 11 is 0. The van der Waals surface area contributed by atoms with Gasteiger partial charge in [0.05, 0.1) is 24.8 Å². The van der Waals surface area contributed by atoms with Gasteiger partial charge in [-0.3, -0.25) is 14.6 Å². The molecule has 3 aliphatic rings. The van der Waals surface area contributed by atoms with E-state index in [4.69, 9.17) is 9.47 Å². The Hall–Kier alpha value is -3.61. The number of carbonyl (C=O) groups excluding carboxylic acids is 2. The summed E-state index contributed by atoms with van der Waals surface area (Å²) in [7, 11) is 0. The van der Waals surface area contributed by atoms with Crippen LogP contribution in [0, 0.1) is 24.6 Å². The fraction of sp³-hybridized carbons (Fsp3) is 0.595. The highest BCUT2D eigenvalue weighted by atomic mass is 19.1. The Kier molecular flexibility index (Phi) is 10.0. The maximum Gasteiger partial charge on any atom is 0.410 e. The summed E-state index contributed by atoms with van der Waals surface area (Å²) in [5.74, 6) is -0.323. The Morgan fingerprint density at radius 3 is 2.41 bits per heavy atom. The molecular formula is C37H50F2N6O4. The number of ether oxygens (including phenoxy) is 2. The van der Waals surface area contributed by atoms with E-state index in [9.17, 15) is 14.0 Å². The number of hydrogen-bond acceptors (Lipinski definition) is 7. The van der Waals surface area contributed by atoms with E-state index in [0.29, 0.717) is 61.8 Å². The minimum absolute atomic E-state index is 0.165. The van der Waals surface area contributed by atoms with Crippen LogP contribution >= 0.6 is 0 Å². The minimum Gasteiger partial charge on any atom is -0.444 e. The van der Waals surface area contributed by atoms with Crippen LogP contribution in [0.25, 0.3) is 16.6 Å². The quantitative estimate of drug-likeness (QED) is 0.330. The lowest BCUT2D eigenvalue weighted by molar-refractivity contribution is 0.00334. The first-order valence-electron chi connectivity index (χ1n) is 17.5. The molecule has 49 heavy (non-hydrogen) atoms. The number of halogens is 2. The van der Waals surface area contributed by atoms with Crippen LogP contribution in [-0.2, 0) is 9.47 Å². The second kappa shape index (κ2) is 14.0. The number of aromatic nitrogens is 2. The van der Waals surface area contributed by atoms with Crippen LogP contribution in [0.5, 0.6) is 0 Å². The highest BCUT2D eigenvalue weighted by molar-refractivity contribution is 6.03. The minimum atomic E-state index is -0.622. The number of hydrogen-bond donors (Lipinski definition) is 0. The SMILES string of the molecule is Cc1nc(F)c2c(-c3ccc(F)cc3C(=O)N3CCOC[C@H]3C)cc(C3CN(C(CN4CCN(C(=O)OC(C)(C)C)CC4)C(C)C)C3)cn12. The van der Waals surface area contributed by atoms with E-state index in [1.165, 1.54) is 12.1 Å². The molecule has 2 atom stereocenters. The number of pyridine rings is 1. The second-order valence-electron chi connectivity index (χ2n) is 15.2. The van der Waals surface area contributed by atoms with Gasteiger partial charge in [0.2, 0.25) is 5.95 Å². The molecule has 2 aromatic heterocycles. The third-order valence-electron chi connectivity index (χ3n) is 10.1. The van der Waals surface area contributed by atoms with Crippen molar-refractivity contribution < 1.29 is 27.8 Å². The monoisotopic (exact) mass is 680 g/mol. The molecule has 3 saturated heterocycles. The smallest absolute Gasteiger partial charge is 0.410 e. The first kappa shape index (κ1) is 35.2. The third-order valence-corrected chi connectivity index (χ3v) is 10.1. The van der Waals surface area contributed by atoms with Gasteiger partial charge in [-0.05, 0) is 69.9 Å². The zero-order valence-corrected chi connectivity index (χ0v) is 29.8. The number of imidazole rings is 1. The summed E-state index contributed by atoms with van der Waals surface area (Å²) in [5, 5.41) is 0.